The van der Waals surface area contributed by atoms with Gasteiger partial charge in [-0.1, -0.05) is 54.7 Å². The van der Waals surface area contributed by atoms with Crippen LogP contribution in [0.25, 0.3) is 10.9 Å². The lowest BCUT2D eigenvalue weighted by molar-refractivity contribution is 0.727. The second-order valence-electron chi connectivity index (χ2n) is 5.74. The first-order valence-electron chi connectivity index (χ1n) is 7.89. The van der Waals surface area contributed by atoms with Crippen molar-refractivity contribution >= 4 is 10.9 Å². The number of fused-ring (bicyclic) bond motifs is 1. The largest absolute Gasteiger partial charge is 0.322 e. The molecule has 1 aromatic heterocycles. The van der Waals surface area contributed by atoms with Gasteiger partial charge >= 0.3 is 0 Å². The molecule has 0 aliphatic carbocycles. The van der Waals surface area contributed by atoms with E-state index in [0.717, 1.165) is 47.0 Å². The van der Waals surface area contributed by atoms with Crippen molar-refractivity contribution in [2.75, 3.05) is 13.6 Å². The smallest absolute Gasteiger partial charge is 0.251 e. The fraction of sp³-hybridized carbons (Fsp3) is 0.250. The second-order valence-corrected chi connectivity index (χ2v) is 5.74. The lowest BCUT2D eigenvalue weighted by Gasteiger charge is -2.04. The Morgan fingerprint density at radius 1 is 1.22 bits per heavy atom. The molecule has 23 heavy (non-hydrogen) atoms. The normalized spacial score (nSPS) is 11.2. The maximum absolute atomic E-state index is 12.1. The van der Waals surface area contributed by atoms with Crippen molar-refractivity contribution in [1.82, 2.24) is 10.3 Å². The molecule has 1 heterocycles. The number of benzene rings is 1. The maximum atomic E-state index is 12.1. The first kappa shape index (κ1) is 17.0. The Morgan fingerprint density at radius 3 is 2.74 bits per heavy atom. The van der Waals surface area contributed by atoms with E-state index < -0.39 is 0 Å². The Kier molecular flexibility index (Phi) is 6.12. The molecule has 0 radical (unpaired) electrons. The van der Waals surface area contributed by atoms with Crippen LogP contribution in [-0.2, 0) is 6.42 Å². The molecule has 2 N–H and O–H groups in total. The van der Waals surface area contributed by atoms with Gasteiger partial charge in [-0.25, -0.2) is 0 Å². The lowest BCUT2D eigenvalue weighted by atomic mass is 10.0. The van der Waals surface area contributed by atoms with Crippen LogP contribution in [0.1, 0.15) is 18.4 Å². The van der Waals surface area contributed by atoms with Gasteiger partial charge in [0.2, 0.25) is 0 Å². The average molecular weight is 308 g/mol. The minimum absolute atomic E-state index is 0.0499. The Morgan fingerprint density at radius 2 is 1.96 bits per heavy atom. The molecule has 120 valence electrons. The molecule has 3 nitrogen and oxygen atoms in total. The molecule has 2 rings (SSSR count). The average Bonchev–Trinajstić information content (AvgIpc) is 2.54. The highest BCUT2D eigenvalue weighted by atomic mass is 16.1. The van der Waals surface area contributed by atoms with E-state index in [2.05, 4.69) is 23.5 Å². The van der Waals surface area contributed by atoms with Crippen molar-refractivity contribution in [2.24, 2.45) is 0 Å². The molecule has 0 saturated carbocycles. The zero-order valence-electron chi connectivity index (χ0n) is 13.7. The predicted molar refractivity (Wildman–Crippen MR) is 98.9 cm³/mol. The number of pyridine rings is 1. The molecule has 0 spiro atoms. The van der Waals surface area contributed by atoms with E-state index in [4.69, 9.17) is 0 Å². The molecular formula is C20H24N2O. The van der Waals surface area contributed by atoms with Gasteiger partial charge in [-0.3, -0.25) is 4.79 Å². The zero-order chi connectivity index (χ0) is 16.7. The summed E-state index contributed by atoms with van der Waals surface area (Å²) in [4.78, 5) is 15.1. The fourth-order valence-corrected chi connectivity index (χ4v) is 2.44. The second kappa shape index (κ2) is 8.30. The number of aromatic nitrogens is 1. The van der Waals surface area contributed by atoms with Crippen molar-refractivity contribution in [2.45, 2.75) is 19.3 Å². The molecule has 2 aromatic rings. The van der Waals surface area contributed by atoms with Gasteiger partial charge in [0.15, 0.2) is 0 Å². The standard InChI is InChI=1S/C20H24N2O/c1-15(7-6-12-21-3)10-11-16(2)13-18-14-17-8-4-5-9-19(17)22-20(18)23/h4-5,8-11,14,21H,1-2,6-7,12-13H2,3H3,(H,22,23)/b11-10-. The Labute approximate surface area is 137 Å². The lowest BCUT2D eigenvalue weighted by Crippen LogP contribution is -2.12. The minimum Gasteiger partial charge on any atom is -0.322 e. The molecule has 0 amide bonds. The Bertz CT molecular complexity index is 784. The summed E-state index contributed by atoms with van der Waals surface area (Å²) < 4.78 is 0. The van der Waals surface area contributed by atoms with Crippen LogP contribution in [0.3, 0.4) is 0 Å². The molecule has 0 aliphatic rings. The maximum Gasteiger partial charge on any atom is 0.251 e. The van der Waals surface area contributed by atoms with Crippen LogP contribution in [0.5, 0.6) is 0 Å². The summed E-state index contributed by atoms with van der Waals surface area (Å²) in [5.74, 6) is 0. The summed E-state index contributed by atoms with van der Waals surface area (Å²) >= 11 is 0. The van der Waals surface area contributed by atoms with Crippen molar-refractivity contribution in [3.63, 3.8) is 0 Å². The molecule has 3 heteroatoms. The Hall–Kier alpha value is -2.39. The van der Waals surface area contributed by atoms with Gasteiger partial charge in [0.25, 0.3) is 5.56 Å². The van der Waals surface area contributed by atoms with Crippen LogP contribution < -0.4 is 10.9 Å². The van der Waals surface area contributed by atoms with Crippen LogP contribution in [-0.4, -0.2) is 18.6 Å². The molecule has 0 aliphatic heterocycles. The summed E-state index contributed by atoms with van der Waals surface area (Å²) in [7, 11) is 1.95. The van der Waals surface area contributed by atoms with Gasteiger partial charge in [-0.2, -0.15) is 0 Å². The van der Waals surface area contributed by atoms with Gasteiger partial charge < -0.3 is 10.3 Å². The first-order chi connectivity index (χ1) is 11.1. The zero-order valence-corrected chi connectivity index (χ0v) is 13.7. The van der Waals surface area contributed by atoms with E-state index in [1.165, 1.54) is 0 Å². The summed E-state index contributed by atoms with van der Waals surface area (Å²) in [6, 6.07) is 9.73. The highest BCUT2D eigenvalue weighted by molar-refractivity contribution is 5.78. The topological polar surface area (TPSA) is 44.9 Å². The highest BCUT2D eigenvalue weighted by Crippen LogP contribution is 2.13. The Balaban J connectivity index is 2.01. The number of H-pyrrole nitrogens is 1. The van der Waals surface area contributed by atoms with E-state index in [1.807, 2.05) is 49.5 Å². The summed E-state index contributed by atoms with van der Waals surface area (Å²) in [6.45, 7) is 9.07. The fourth-order valence-electron chi connectivity index (χ4n) is 2.44. The van der Waals surface area contributed by atoms with Crippen LogP contribution in [0.4, 0.5) is 0 Å². The van der Waals surface area contributed by atoms with Gasteiger partial charge in [0.05, 0.1) is 0 Å². The third kappa shape index (κ3) is 5.08. The van der Waals surface area contributed by atoms with Crippen molar-refractivity contribution in [1.29, 1.82) is 0 Å². The third-order valence-electron chi connectivity index (χ3n) is 3.73. The van der Waals surface area contributed by atoms with Gasteiger partial charge in [0, 0.05) is 17.5 Å². The molecule has 0 unspecified atom stereocenters. The summed E-state index contributed by atoms with van der Waals surface area (Å²) in [5.41, 5.74) is 3.53. The molecular weight excluding hydrogens is 284 g/mol. The van der Waals surface area contributed by atoms with E-state index in [9.17, 15) is 4.79 Å². The summed E-state index contributed by atoms with van der Waals surface area (Å²) in [5, 5.41) is 4.16. The molecule has 0 saturated heterocycles. The van der Waals surface area contributed by atoms with Crippen LogP contribution in [0.15, 0.2) is 71.6 Å². The number of para-hydroxylation sites is 1. The van der Waals surface area contributed by atoms with Crippen molar-refractivity contribution in [3.8, 4) is 0 Å². The molecule has 1 aromatic carbocycles. The highest BCUT2D eigenvalue weighted by Gasteiger charge is 2.03. The van der Waals surface area contributed by atoms with Gasteiger partial charge in [-0.15, -0.1) is 0 Å². The quantitative estimate of drug-likeness (QED) is 0.576. The predicted octanol–water partition coefficient (Wildman–Crippen LogP) is 3.74. The van der Waals surface area contributed by atoms with E-state index >= 15 is 0 Å². The number of aromatic amines is 1. The van der Waals surface area contributed by atoms with Gasteiger partial charge in [-0.05, 0) is 44.0 Å². The van der Waals surface area contributed by atoms with Crippen LogP contribution in [0, 0.1) is 0 Å². The first-order valence-corrected chi connectivity index (χ1v) is 7.89. The molecule has 0 bridgehead atoms. The van der Waals surface area contributed by atoms with E-state index in [-0.39, 0.29) is 5.56 Å². The molecule has 0 atom stereocenters. The van der Waals surface area contributed by atoms with E-state index in [0.29, 0.717) is 6.42 Å². The number of hydrogen-bond acceptors (Lipinski definition) is 2. The third-order valence-corrected chi connectivity index (χ3v) is 3.73. The number of nitrogens with one attached hydrogen (secondary N) is 2. The summed E-state index contributed by atoms with van der Waals surface area (Å²) in [6.07, 6.45) is 6.52. The van der Waals surface area contributed by atoms with Gasteiger partial charge in [0.1, 0.15) is 0 Å². The van der Waals surface area contributed by atoms with Crippen LogP contribution in [0.2, 0.25) is 0 Å². The monoisotopic (exact) mass is 308 g/mol. The SMILES string of the molecule is C=C(/C=C\C(=C)Cc1cc2ccccc2[nH]c1=O)CCCNC. The molecule has 0 fully saturated rings. The van der Waals surface area contributed by atoms with Crippen LogP contribution >= 0.6 is 0 Å². The van der Waals surface area contributed by atoms with Crippen molar-refractivity contribution in [3.05, 3.63) is 82.7 Å². The minimum atomic E-state index is -0.0499. The number of allylic oxidation sites excluding steroid dienone is 4. The number of rotatable bonds is 8. The van der Waals surface area contributed by atoms with E-state index in [1.54, 1.807) is 0 Å². The number of hydrogen-bond donors (Lipinski definition) is 2. The van der Waals surface area contributed by atoms with Crippen molar-refractivity contribution < 1.29 is 0 Å².